The molecule has 1 N–H and O–H groups in total. The Morgan fingerprint density at radius 1 is 1.19 bits per heavy atom. The summed E-state index contributed by atoms with van der Waals surface area (Å²) in [5, 5.41) is 3.18. The van der Waals surface area contributed by atoms with E-state index in [2.05, 4.69) is 5.32 Å². The molecule has 0 fully saturated rings. The molecule has 0 amide bonds. The van der Waals surface area contributed by atoms with Crippen LogP contribution in [0.2, 0.25) is 0 Å². The van der Waals surface area contributed by atoms with Gasteiger partial charge in [-0.2, -0.15) is 0 Å². The first-order valence-corrected chi connectivity index (χ1v) is 5.13. The maximum absolute atomic E-state index is 11.1. The third-order valence-corrected chi connectivity index (χ3v) is 2.23. The van der Waals surface area contributed by atoms with Gasteiger partial charge in [-0.25, -0.2) is 4.79 Å². The van der Waals surface area contributed by atoms with Crippen LogP contribution in [0.15, 0.2) is 51.7 Å². The fourth-order valence-electron chi connectivity index (χ4n) is 1.51. The van der Waals surface area contributed by atoms with Crippen LogP contribution in [-0.4, -0.2) is 0 Å². The van der Waals surface area contributed by atoms with E-state index in [9.17, 15) is 4.79 Å². The Hall–Kier alpha value is -2.03. The second-order valence-electron chi connectivity index (χ2n) is 3.61. The molecule has 2 rings (SSSR count). The Bertz CT molecular complexity index is 517. The summed E-state index contributed by atoms with van der Waals surface area (Å²) in [6, 6.07) is 13.3. The number of hydrogen-bond donors (Lipinski definition) is 1. The first-order chi connectivity index (χ1) is 7.74. The zero-order chi connectivity index (χ0) is 11.4. The quantitative estimate of drug-likeness (QED) is 0.855. The molecule has 16 heavy (non-hydrogen) atoms. The summed E-state index contributed by atoms with van der Waals surface area (Å²) in [5.74, 6) is 0.614. The molecule has 2 aromatic rings. The summed E-state index contributed by atoms with van der Waals surface area (Å²) < 4.78 is 4.87. The highest BCUT2D eigenvalue weighted by molar-refractivity contribution is 5.42. The van der Waals surface area contributed by atoms with E-state index in [1.165, 1.54) is 11.6 Å². The van der Waals surface area contributed by atoms with Gasteiger partial charge in [0.2, 0.25) is 0 Å². The van der Waals surface area contributed by atoms with Crippen LogP contribution in [0.5, 0.6) is 0 Å². The summed E-state index contributed by atoms with van der Waals surface area (Å²) >= 11 is 0. The molecule has 1 heterocycles. The lowest BCUT2D eigenvalue weighted by Crippen LogP contribution is -2.04. The molecule has 0 saturated heterocycles. The van der Waals surface area contributed by atoms with Crippen molar-refractivity contribution in [2.75, 3.05) is 5.32 Å². The number of benzene rings is 1. The van der Waals surface area contributed by atoms with E-state index in [0.29, 0.717) is 12.3 Å². The second-order valence-corrected chi connectivity index (χ2v) is 3.61. The van der Waals surface area contributed by atoms with Crippen molar-refractivity contribution in [3.63, 3.8) is 0 Å². The van der Waals surface area contributed by atoms with Crippen LogP contribution in [-0.2, 0) is 6.54 Å². The van der Waals surface area contributed by atoms with E-state index in [0.717, 1.165) is 5.69 Å². The molecule has 0 spiro atoms. The molecule has 0 atom stereocenters. The fourth-order valence-corrected chi connectivity index (χ4v) is 1.51. The topological polar surface area (TPSA) is 42.2 Å². The van der Waals surface area contributed by atoms with Gasteiger partial charge in [0.1, 0.15) is 5.76 Å². The molecule has 0 saturated carbocycles. The lowest BCUT2D eigenvalue weighted by atomic mass is 10.2. The smallest absolute Gasteiger partial charge is 0.337 e. The second kappa shape index (κ2) is 4.66. The molecule has 0 aliphatic carbocycles. The van der Waals surface area contributed by atoms with Crippen LogP contribution in [0.1, 0.15) is 11.3 Å². The summed E-state index contributed by atoms with van der Waals surface area (Å²) in [4.78, 5) is 11.1. The van der Waals surface area contributed by atoms with Crippen molar-refractivity contribution in [1.29, 1.82) is 0 Å². The van der Waals surface area contributed by atoms with Crippen molar-refractivity contribution in [2.45, 2.75) is 13.5 Å². The number of aryl methyl sites for hydroxylation is 1. The maximum Gasteiger partial charge on any atom is 0.337 e. The third-order valence-electron chi connectivity index (χ3n) is 2.23. The molecule has 1 aromatic heterocycles. The van der Waals surface area contributed by atoms with Gasteiger partial charge in [-0.15, -0.1) is 0 Å². The number of hydrogen-bond acceptors (Lipinski definition) is 3. The van der Waals surface area contributed by atoms with E-state index < -0.39 is 0 Å². The SMILES string of the molecule is Cc1cc(NCc2ccccc2)cc(=O)o1. The molecular weight excluding hydrogens is 202 g/mol. The maximum atomic E-state index is 11.1. The molecule has 3 heteroatoms. The lowest BCUT2D eigenvalue weighted by Gasteiger charge is -2.05. The van der Waals surface area contributed by atoms with Crippen LogP contribution in [0.25, 0.3) is 0 Å². The van der Waals surface area contributed by atoms with E-state index >= 15 is 0 Å². The Labute approximate surface area is 93.7 Å². The lowest BCUT2D eigenvalue weighted by molar-refractivity contribution is 0.481. The summed E-state index contributed by atoms with van der Waals surface area (Å²) in [6.07, 6.45) is 0. The van der Waals surface area contributed by atoms with Gasteiger partial charge in [0.05, 0.1) is 0 Å². The molecule has 0 aliphatic heterocycles. The minimum absolute atomic E-state index is 0.324. The molecule has 0 unspecified atom stereocenters. The van der Waals surface area contributed by atoms with Crippen molar-refractivity contribution in [1.82, 2.24) is 0 Å². The van der Waals surface area contributed by atoms with Gasteiger partial charge in [0, 0.05) is 18.3 Å². The first kappa shape index (κ1) is 10.5. The highest BCUT2D eigenvalue weighted by Gasteiger charge is 1.97. The molecule has 0 bridgehead atoms. The molecular formula is C13H13NO2. The van der Waals surface area contributed by atoms with Gasteiger partial charge < -0.3 is 9.73 Å². The van der Waals surface area contributed by atoms with Crippen molar-refractivity contribution in [3.8, 4) is 0 Å². The Balaban J connectivity index is 2.08. The molecule has 0 radical (unpaired) electrons. The largest absolute Gasteiger partial charge is 0.428 e. The van der Waals surface area contributed by atoms with Crippen molar-refractivity contribution >= 4 is 5.69 Å². The standard InChI is InChI=1S/C13H13NO2/c1-10-7-12(8-13(15)16-10)14-9-11-5-3-2-4-6-11/h2-8,14H,9H2,1H3. The summed E-state index contributed by atoms with van der Waals surface area (Å²) in [5.41, 5.74) is 1.64. The van der Waals surface area contributed by atoms with Gasteiger partial charge in [-0.3, -0.25) is 0 Å². The van der Waals surface area contributed by atoms with E-state index in [4.69, 9.17) is 4.42 Å². The van der Waals surface area contributed by atoms with Gasteiger partial charge in [0.15, 0.2) is 0 Å². The monoisotopic (exact) mass is 215 g/mol. The highest BCUT2D eigenvalue weighted by atomic mass is 16.4. The van der Waals surface area contributed by atoms with Crippen molar-refractivity contribution in [2.24, 2.45) is 0 Å². The van der Waals surface area contributed by atoms with Gasteiger partial charge in [0.25, 0.3) is 0 Å². The summed E-state index contributed by atoms with van der Waals surface area (Å²) in [6.45, 7) is 2.46. The zero-order valence-corrected chi connectivity index (χ0v) is 9.07. The third kappa shape index (κ3) is 2.73. The van der Waals surface area contributed by atoms with E-state index in [1.807, 2.05) is 36.4 Å². The summed E-state index contributed by atoms with van der Waals surface area (Å²) in [7, 11) is 0. The number of anilines is 1. The van der Waals surface area contributed by atoms with Crippen LogP contribution in [0, 0.1) is 6.92 Å². The number of nitrogens with one attached hydrogen (secondary N) is 1. The Kier molecular flexibility index (Phi) is 3.05. The normalized spacial score (nSPS) is 10.1. The Morgan fingerprint density at radius 3 is 2.62 bits per heavy atom. The zero-order valence-electron chi connectivity index (χ0n) is 9.07. The van der Waals surface area contributed by atoms with Crippen molar-refractivity contribution in [3.05, 3.63) is 64.2 Å². The van der Waals surface area contributed by atoms with Crippen LogP contribution in [0.3, 0.4) is 0 Å². The van der Waals surface area contributed by atoms with Crippen LogP contribution in [0.4, 0.5) is 5.69 Å². The van der Waals surface area contributed by atoms with Crippen LogP contribution >= 0.6 is 0 Å². The van der Waals surface area contributed by atoms with E-state index in [1.54, 1.807) is 6.92 Å². The minimum Gasteiger partial charge on any atom is -0.428 e. The van der Waals surface area contributed by atoms with Crippen molar-refractivity contribution < 1.29 is 4.42 Å². The predicted molar refractivity (Wildman–Crippen MR) is 63.5 cm³/mol. The van der Waals surface area contributed by atoms with Crippen LogP contribution < -0.4 is 10.9 Å². The number of rotatable bonds is 3. The minimum atomic E-state index is -0.324. The molecule has 3 nitrogen and oxygen atoms in total. The van der Waals surface area contributed by atoms with Gasteiger partial charge in [-0.05, 0) is 18.6 Å². The average Bonchev–Trinajstić information content (AvgIpc) is 2.27. The van der Waals surface area contributed by atoms with Gasteiger partial charge in [-0.1, -0.05) is 30.3 Å². The average molecular weight is 215 g/mol. The Morgan fingerprint density at radius 2 is 1.94 bits per heavy atom. The predicted octanol–water partition coefficient (Wildman–Crippen LogP) is 2.56. The van der Waals surface area contributed by atoms with E-state index in [-0.39, 0.29) is 5.63 Å². The highest BCUT2D eigenvalue weighted by Crippen LogP contribution is 2.08. The fraction of sp³-hybridized carbons (Fsp3) is 0.154. The molecule has 1 aromatic carbocycles. The first-order valence-electron chi connectivity index (χ1n) is 5.13. The molecule has 82 valence electrons. The molecule has 0 aliphatic rings. The van der Waals surface area contributed by atoms with Gasteiger partial charge >= 0.3 is 5.63 Å².